The minimum absolute atomic E-state index is 0.0653. The number of hydrogen-bond acceptors (Lipinski definition) is 2. The molecular formula is C14H22BrNO. The molecule has 0 fully saturated rings. The number of rotatable bonds is 5. The lowest BCUT2D eigenvalue weighted by Crippen LogP contribution is -2.26. The van der Waals surface area contributed by atoms with Gasteiger partial charge in [-0.05, 0) is 57.4 Å². The molecule has 0 aliphatic heterocycles. The number of halogens is 1. The van der Waals surface area contributed by atoms with E-state index in [0.717, 1.165) is 17.4 Å². The highest BCUT2D eigenvalue weighted by Crippen LogP contribution is 2.25. The maximum atomic E-state index is 5.41. The van der Waals surface area contributed by atoms with E-state index < -0.39 is 0 Å². The third-order valence-electron chi connectivity index (χ3n) is 3.08. The molecule has 1 aromatic rings. The Balaban J connectivity index is 2.64. The van der Waals surface area contributed by atoms with Crippen molar-refractivity contribution in [3.63, 3.8) is 0 Å². The van der Waals surface area contributed by atoms with Crippen LogP contribution in [0.1, 0.15) is 31.4 Å². The monoisotopic (exact) mass is 299 g/mol. The number of hydrogen-bond donors (Lipinski definition) is 1. The Kier molecular flexibility index (Phi) is 5.02. The predicted octanol–water partition coefficient (Wildman–Crippen LogP) is 4.29. The molecule has 96 valence electrons. The highest BCUT2D eigenvalue weighted by molar-refractivity contribution is 9.10. The van der Waals surface area contributed by atoms with Crippen molar-refractivity contribution in [2.75, 3.05) is 19.0 Å². The van der Waals surface area contributed by atoms with Gasteiger partial charge in [-0.15, -0.1) is 0 Å². The summed E-state index contributed by atoms with van der Waals surface area (Å²) in [6, 6.07) is 4.27. The zero-order valence-corrected chi connectivity index (χ0v) is 12.9. The third kappa shape index (κ3) is 4.32. The number of ether oxygens (including phenoxy) is 1. The molecule has 0 bridgehead atoms. The molecule has 0 aromatic heterocycles. The highest BCUT2D eigenvalue weighted by Gasteiger charge is 2.15. The number of methoxy groups -OCH3 is 1. The van der Waals surface area contributed by atoms with Crippen molar-refractivity contribution in [2.45, 2.75) is 39.7 Å². The molecule has 0 spiro atoms. The van der Waals surface area contributed by atoms with Crippen LogP contribution in [0.5, 0.6) is 0 Å². The van der Waals surface area contributed by atoms with E-state index in [1.165, 1.54) is 16.8 Å². The first-order valence-corrected chi connectivity index (χ1v) is 6.71. The van der Waals surface area contributed by atoms with Crippen LogP contribution in [0.2, 0.25) is 0 Å². The van der Waals surface area contributed by atoms with Gasteiger partial charge in [0.1, 0.15) is 0 Å². The molecule has 0 amide bonds. The third-order valence-corrected chi connectivity index (χ3v) is 3.54. The Labute approximate surface area is 113 Å². The minimum Gasteiger partial charge on any atom is -0.385 e. The summed E-state index contributed by atoms with van der Waals surface area (Å²) in [6.07, 6.45) is 0.985. The van der Waals surface area contributed by atoms with E-state index in [1.54, 1.807) is 7.11 Å². The van der Waals surface area contributed by atoms with Crippen molar-refractivity contribution in [2.24, 2.45) is 0 Å². The first-order chi connectivity index (χ1) is 7.85. The van der Waals surface area contributed by atoms with Gasteiger partial charge in [-0.1, -0.05) is 15.9 Å². The Morgan fingerprint density at radius 2 is 1.76 bits per heavy atom. The molecule has 1 aromatic carbocycles. The van der Waals surface area contributed by atoms with Crippen LogP contribution in [0.3, 0.4) is 0 Å². The van der Waals surface area contributed by atoms with E-state index in [2.05, 4.69) is 61.1 Å². The van der Waals surface area contributed by atoms with Crippen LogP contribution in [-0.2, 0) is 4.74 Å². The average molecular weight is 300 g/mol. The maximum absolute atomic E-state index is 5.41. The molecule has 17 heavy (non-hydrogen) atoms. The highest BCUT2D eigenvalue weighted by atomic mass is 79.9. The molecule has 0 aliphatic rings. The van der Waals surface area contributed by atoms with Gasteiger partial charge in [0.05, 0.1) is 5.60 Å². The van der Waals surface area contributed by atoms with Crippen molar-refractivity contribution in [3.8, 4) is 0 Å². The lowest BCUT2D eigenvalue weighted by atomic mass is 10.0. The normalized spacial score (nSPS) is 11.6. The van der Waals surface area contributed by atoms with Crippen LogP contribution >= 0.6 is 15.9 Å². The quantitative estimate of drug-likeness (QED) is 0.875. The van der Waals surface area contributed by atoms with Crippen LogP contribution in [-0.4, -0.2) is 19.3 Å². The zero-order chi connectivity index (χ0) is 13.1. The van der Waals surface area contributed by atoms with E-state index in [9.17, 15) is 0 Å². The predicted molar refractivity (Wildman–Crippen MR) is 77.8 cm³/mol. The maximum Gasteiger partial charge on any atom is 0.0639 e. The largest absolute Gasteiger partial charge is 0.385 e. The molecule has 0 unspecified atom stereocenters. The van der Waals surface area contributed by atoms with Gasteiger partial charge < -0.3 is 10.1 Å². The Morgan fingerprint density at radius 1 is 1.24 bits per heavy atom. The summed E-state index contributed by atoms with van der Waals surface area (Å²) in [5.74, 6) is 0. The molecule has 0 atom stereocenters. The second kappa shape index (κ2) is 5.87. The van der Waals surface area contributed by atoms with Crippen LogP contribution in [0, 0.1) is 13.8 Å². The molecule has 3 heteroatoms. The van der Waals surface area contributed by atoms with Gasteiger partial charge in [0.2, 0.25) is 0 Å². The van der Waals surface area contributed by atoms with Crippen molar-refractivity contribution in [3.05, 3.63) is 27.7 Å². The van der Waals surface area contributed by atoms with E-state index in [-0.39, 0.29) is 5.60 Å². The fourth-order valence-corrected chi connectivity index (χ4v) is 2.47. The van der Waals surface area contributed by atoms with Gasteiger partial charge in [-0.3, -0.25) is 0 Å². The first-order valence-electron chi connectivity index (χ1n) is 5.91. The van der Waals surface area contributed by atoms with Crippen LogP contribution in [0.4, 0.5) is 5.69 Å². The molecule has 1 rings (SSSR count). The smallest absolute Gasteiger partial charge is 0.0639 e. The summed E-state index contributed by atoms with van der Waals surface area (Å²) in [7, 11) is 1.76. The van der Waals surface area contributed by atoms with Gasteiger partial charge >= 0.3 is 0 Å². The molecule has 0 saturated heterocycles. The first kappa shape index (κ1) is 14.5. The second-order valence-electron chi connectivity index (χ2n) is 5.06. The Bertz CT molecular complexity index is 365. The second-order valence-corrected chi connectivity index (χ2v) is 5.97. The van der Waals surface area contributed by atoms with Gasteiger partial charge in [0.15, 0.2) is 0 Å². The fraction of sp³-hybridized carbons (Fsp3) is 0.571. The van der Waals surface area contributed by atoms with Gasteiger partial charge in [0, 0.05) is 23.8 Å². The molecule has 0 aliphatic carbocycles. The summed E-state index contributed by atoms with van der Waals surface area (Å²) in [5, 5.41) is 3.50. The standard InChI is InChI=1S/C14H22BrNO/c1-10-8-12(15)9-11(2)13(10)16-7-6-14(3,4)17-5/h8-9,16H,6-7H2,1-5H3. The van der Waals surface area contributed by atoms with Crippen molar-refractivity contribution in [1.29, 1.82) is 0 Å². The minimum atomic E-state index is -0.0653. The molecule has 0 radical (unpaired) electrons. The van der Waals surface area contributed by atoms with E-state index in [1.807, 2.05) is 0 Å². The SMILES string of the molecule is COC(C)(C)CCNc1c(C)cc(Br)cc1C. The summed E-state index contributed by atoms with van der Waals surface area (Å²) in [6.45, 7) is 9.39. The summed E-state index contributed by atoms with van der Waals surface area (Å²) < 4.78 is 6.54. The number of aryl methyl sites for hydroxylation is 2. The van der Waals surface area contributed by atoms with Crippen LogP contribution in [0.25, 0.3) is 0 Å². The average Bonchev–Trinajstić information content (AvgIpc) is 2.22. The summed E-state index contributed by atoms with van der Waals surface area (Å²) in [5.41, 5.74) is 3.71. The van der Waals surface area contributed by atoms with E-state index in [0.29, 0.717) is 0 Å². The van der Waals surface area contributed by atoms with Gasteiger partial charge in [-0.2, -0.15) is 0 Å². The van der Waals surface area contributed by atoms with Crippen molar-refractivity contribution in [1.82, 2.24) is 0 Å². The number of anilines is 1. The number of benzene rings is 1. The zero-order valence-electron chi connectivity index (χ0n) is 11.4. The Morgan fingerprint density at radius 3 is 2.24 bits per heavy atom. The molecular weight excluding hydrogens is 278 g/mol. The van der Waals surface area contributed by atoms with Crippen LogP contribution < -0.4 is 5.32 Å². The molecule has 1 N–H and O–H groups in total. The van der Waals surface area contributed by atoms with Crippen molar-refractivity contribution < 1.29 is 4.74 Å². The van der Waals surface area contributed by atoms with Crippen molar-refractivity contribution >= 4 is 21.6 Å². The lowest BCUT2D eigenvalue weighted by Gasteiger charge is -2.23. The molecule has 0 saturated carbocycles. The topological polar surface area (TPSA) is 21.3 Å². The van der Waals surface area contributed by atoms with Crippen LogP contribution in [0.15, 0.2) is 16.6 Å². The fourth-order valence-electron chi connectivity index (χ4n) is 1.78. The lowest BCUT2D eigenvalue weighted by molar-refractivity contribution is 0.0185. The summed E-state index contributed by atoms with van der Waals surface area (Å²) >= 11 is 3.51. The number of nitrogens with one attached hydrogen (secondary N) is 1. The molecule has 2 nitrogen and oxygen atoms in total. The Hall–Kier alpha value is -0.540. The van der Waals surface area contributed by atoms with E-state index in [4.69, 9.17) is 4.74 Å². The summed E-state index contributed by atoms with van der Waals surface area (Å²) in [4.78, 5) is 0. The molecule has 0 heterocycles. The van der Waals surface area contributed by atoms with E-state index >= 15 is 0 Å². The van der Waals surface area contributed by atoms with Gasteiger partial charge in [0.25, 0.3) is 0 Å². The van der Waals surface area contributed by atoms with Gasteiger partial charge in [-0.25, -0.2) is 0 Å².